The molecule has 3 aromatic rings. The molecule has 2 amide bonds. The third kappa shape index (κ3) is 5.70. The second kappa shape index (κ2) is 9.75. The van der Waals surface area contributed by atoms with Gasteiger partial charge < -0.3 is 10.1 Å². The maximum atomic E-state index is 12.9. The molecule has 7 nitrogen and oxygen atoms in total. The number of ether oxygens (including phenoxy) is 1. The van der Waals surface area contributed by atoms with Crippen molar-refractivity contribution in [3.8, 4) is 11.5 Å². The van der Waals surface area contributed by atoms with E-state index < -0.39 is 23.7 Å². The van der Waals surface area contributed by atoms with Gasteiger partial charge in [0.05, 0.1) is 11.8 Å². The summed E-state index contributed by atoms with van der Waals surface area (Å²) >= 11 is 0. The van der Waals surface area contributed by atoms with E-state index in [-0.39, 0.29) is 17.1 Å². The summed E-state index contributed by atoms with van der Waals surface area (Å²) in [6.45, 7) is 0. The van der Waals surface area contributed by atoms with Crippen LogP contribution in [0.1, 0.15) is 21.6 Å². The number of para-hydroxylation sites is 2. The molecule has 1 aromatic heterocycles. The first-order chi connectivity index (χ1) is 15.3. The third-order valence-electron chi connectivity index (χ3n) is 4.12. The minimum Gasteiger partial charge on any atom is -0.455 e. The van der Waals surface area contributed by atoms with E-state index in [1.54, 1.807) is 36.4 Å². The van der Waals surface area contributed by atoms with Gasteiger partial charge in [0.25, 0.3) is 11.8 Å². The number of alkyl halides is 3. The van der Waals surface area contributed by atoms with Crippen LogP contribution in [0.4, 0.5) is 18.9 Å². The Morgan fingerprint density at radius 3 is 2.41 bits per heavy atom. The van der Waals surface area contributed by atoms with Gasteiger partial charge in [0.1, 0.15) is 17.2 Å². The summed E-state index contributed by atoms with van der Waals surface area (Å²) in [6.07, 6.45) is -1.17. The van der Waals surface area contributed by atoms with Crippen LogP contribution in [-0.4, -0.2) is 22.0 Å². The highest BCUT2D eigenvalue weighted by Gasteiger charge is 2.32. The van der Waals surface area contributed by atoms with E-state index in [0.29, 0.717) is 11.3 Å². The van der Waals surface area contributed by atoms with Crippen LogP contribution < -0.4 is 15.5 Å². The van der Waals surface area contributed by atoms with E-state index in [4.69, 9.17) is 9.94 Å². The van der Waals surface area contributed by atoms with Crippen LogP contribution >= 0.6 is 0 Å². The lowest BCUT2D eigenvalue weighted by atomic mass is 10.1. The molecule has 0 atom stereocenters. The number of hydrogen-bond acceptors (Lipinski definition) is 5. The van der Waals surface area contributed by atoms with Gasteiger partial charge in [0, 0.05) is 11.8 Å². The molecule has 0 aliphatic carbocycles. The predicted molar refractivity (Wildman–Crippen MR) is 109 cm³/mol. The van der Waals surface area contributed by atoms with Gasteiger partial charge >= 0.3 is 6.18 Å². The Hall–Kier alpha value is -4.18. The highest BCUT2D eigenvalue weighted by Crippen LogP contribution is 2.30. The van der Waals surface area contributed by atoms with Gasteiger partial charge in [-0.15, -0.1) is 0 Å². The number of nitrogens with zero attached hydrogens (tertiary/aromatic N) is 1. The topological polar surface area (TPSA) is 101 Å². The molecule has 3 rings (SSSR count). The molecular formula is C22H16F3N3O4. The van der Waals surface area contributed by atoms with Crippen LogP contribution in [0.25, 0.3) is 6.08 Å². The van der Waals surface area contributed by atoms with Crippen LogP contribution in [0, 0.1) is 0 Å². The fraction of sp³-hybridized carbons (Fsp3) is 0.0455. The van der Waals surface area contributed by atoms with Crippen molar-refractivity contribution in [3.05, 3.63) is 89.8 Å². The van der Waals surface area contributed by atoms with Crippen LogP contribution in [0.2, 0.25) is 0 Å². The summed E-state index contributed by atoms with van der Waals surface area (Å²) in [5.41, 5.74) is 1.41. The summed E-state index contributed by atoms with van der Waals surface area (Å²) in [5.74, 6) is -1.15. The number of nitrogens with one attached hydrogen (secondary N) is 2. The fourth-order valence-corrected chi connectivity index (χ4v) is 2.63. The number of carbonyl (C=O) groups excluding carboxylic acids is 2. The lowest BCUT2D eigenvalue weighted by Crippen LogP contribution is -2.15. The second-order valence-electron chi connectivity index (χ2n) is 6.33. The van der Waals surface area contributed by atoms with E-state index >= 15 is 0 Å². The molecule has 0 saturated heterocycles. The minimum absolute atomic E-state index is 0.0246. The molecule has 0 aliphatic rings. The smallest absolute Gasteiger partial charge is 0.433 e. The van der Waals surface area contributed by atoms with E-state index in [2.05, 4.69) is 10.3 Å². The maximum Gasteiger partial charge on any atom is 0.433 e. The normalized spacial score (nSPS) is 11.2. The number of hydroxylamine groups is 1. The first-order valence-corrected chi connectivity index (χ1v) is 9.10. The Kier molecular flexibility index (Phi) is 6.86. The molecule has 0 aliphatic heterocycles. The van der Waals surface area contributed by atoms with Crippen molar-refractivity contribution < 1.29 is 32.7 Å². The van der Waals surface area contributed by atoms with Crippen LogP contribution in [0.5, 0.6) is 11.5 Å². The summed E-state index contributed by atoms with van der Waals surface area (Å²) < 4.78 is 43.6. The van der Waals surface area contributed by atoms with Crippen molar-refractivity contribution in [2.75, 3.05) is 5.32 Å². The molecule has 0 spiro atoms. The molecule has 0 radical (unpaired) electrons. The Morgan fingerprint density at radius 1 is 1.00 bits per heavy atom. The Morgan fingerprint density at radius 2 is 1.72 bits per heavy atom. The number of anilines is 1. The van der Waals surface area contributed by atoms with Gasteiger partial charge in [-0.1, -0.05) is 30.3 Å². The van der Waals surface area contributed by atoms with Gasteiger partial charge in [-0.25, -0.2) is 10.5 Å². The Balaban J connectivity index is 1.81. The number of carbonyl (C=O) groups is 2. The van der Waals surface area contributed by atoms with E-state index in [9.17, 15) is 22.8 Å². The van der Waals surface area contributed by atoms with Crippen molar-refractivity contribution in [2.24, 2.45) is 0 Å². The van der Waals surface area contributed by atoms with Gasteiger partial charge in [-0.2, -0.15) is 13.2 Å². The maximum absolute atomic E-state index is 12.9. The van der Waals surface area contributed by atoms with Gasteiger partial charge in [-0.3, -0.25) is 14.8 Å². The molecule has 10 heteroatoms. The molecule has 0 bridgehead atoms. The molecule has 0 saturated carbocycles. The Bertz CT molecular complexity index is 1150. The first kappa shape index (κ1) is 22.5. The summed E-state index contributed by atoms with van der Waals surface area (Å²) in [5, 5.41) is 11.3. The molecule has 2 aromatic carbocycles. The number of pyridine rings is 1. The van der Waals surface area contributed by atoms with Crippen molar-refractivity contribution in [1.29, 1.82) is 0 Å². The average molecular weight is 443 g/mol. The zero-order chi connectivity index (χ0) is 23.1. The van der Waals surface area contributed by atoms with Crippen LogP contribution in [0.15, 0.2) is 72.9 Å². The van der Waals surface area contributed by atoms with Crippen LogP contribution in [0.3, 0.4) is 0 Å². The molecule has 32 heavy (non-hydrogen) atoms. The molecular weight excluding hydrogens is 427 g/mol. The third-order valence-corrected chi connectivity index (χ3v) is 4.12. The second-order valence-corrected chi connectivity index (χ2v) is 6.33. The lowest BCUT2D eigenvalue weighted by molar-refractivity contribution is -0.141. The number of rotatable bonds is 6. The number of aromatic nitrogens is 1. The van der Waals surface area contributed by atoms with E-state index in [1.165, 1.54) is 23.7 Å². The summed E-state index contributed by atoms with van der Waals surface area (Å²) in [6, 6.07) is 14.7. The highest BCUT2D eigenvalue weighted by molar-refractivity contribution is 6.07. The van der Waals surface area contributed by atoms with Gasteiger partial charge in [0.2, 0.25) is 0 Å². The summed E-state index contributed by atoms with van der Waals surface area (Å²) in [4.78, 5) is 27.4. The molecule has 0 fully saturated rings. The number of benzene rings is 2. The van der Waals surface area contributed by atoms with Crippen molar-refractivity contribution in [1.82, 2.24) is 10.5 Å². The fourth-order valence-electron chi connectivity index (χ4n) is 2.63. The zero-order valence-electron chi connectivity index (χ0n) is 16.3. The average Bonchev–Trinajstić information content (AvgIpc) is 2.78. The quantitative estimate of drug-likeness (QED) is 0.292. The van der Waals surface area contributed by atoms with Gasteiger partial charge in [0.15, 0.2) is 0 Å². The van der Waals surface area contributed by atoms with E-state index in [1.807, 2.05) is 0 Å². The van der Waals surface area contributed by atoms with E-state index in [0.717, 1.165) is 24.4 Å². The highest BCUT2D eigenvalue weighted by atomic mass is 19.4. The zero-order valence-corrected chi connectivity index (χ0v) is 16.3. The largest absolute Gasteiger partial charge is 0.455 e. The van der Waals surface area contributed by atoms with Gasteiger partial charge in [-0.05, 0) is 42.0 Å². The number of hydrogen-bond donors (Lipinski definition) is 3. The number of halogens is 3. The predicted octanol–water partition coefficient (Wildman–Crippen LogP) is 4.66. The Labute approximate surface area is 180 Å². The minimum atomic E-state index is -4.57. The molecule has 1 heterocycles. The standard InChI is InChI=1S/C22H16F3N3O4/c23-22(24,25)19-11-10-15(13-26-19)32-18-8-4-2-6-16(18)21(30)27-17-7-3-1-5-14(17)9-12-20(29)28-31/h1-13,31H,(H,27,30)(H,28,29). The molecule has 0 unspecified atom stereocenters. The van der Waals surface area contributed by atoms with Crippen molar-refractivity contribution in [3.63, 3.8) is 0 Å². The monoisotopic (exact) mass is 443 g/mol. The first-order valence-electron chi connectivity index (χ1n) is 9.10. The lowest BCUT2D eigenvalue weighted by Gasteiger charge is -2.13. The number of amides is 2. The molecule has 164 valence electrons. The SMILES string of the molecule is O=C(C=Cc1ccccc1NC(=O)c1ccccc1Oc1ccc(C(F)(F)F)nc1)NO. The van der Waals surface area contributed by atoms with Crippen molar-refractivity contribution >= 4 is 23.6 Å². The molecule has 3 N–H and O–H groups in total. The summed E-state index contributed by atoms with van der Waals surface area (Å²) in [7, 11) is 0. The van der Waals surface area contributed by atoms with Crippen LogP contribution in [-0.2, 0) is 11.0 Å². The van der Waals surface area contributed by atoms with Crippen molar-refractivity contribution in [2.45, 2.75) is 6.18 Å².